The molecule has 0 amide bonds. The Morgan fingerprint density at radius 2 is 0.364 bits per heavy atom. The fraction of sp³-hybridized carbons (Fsp3) is 0. The minimum atomic E-state index is -1.75. The maximum Gasteiger partial charge on any atom is 3.00 e. The molecule has 0 unspecified atom stereocenters. The van der Waals surface area contributed by atoms with Crippen molar-refractivity contribution in [1.82, 2.24) is 0 Å². The van der Waals surface area contributed by atoms with E-state index in [0.717, 1.165) is 0 Å². The van der Waals surface area contributed by atoms with Gasteiger partial charge >= 0.3 is 36.8 Å². The van der Waals surface area contributed by atoms with Crippen LogP contribution < -0.4 is 0 Å². The van der Waals surface area contributed by atoms with Crippen molar-refractivity contribution < 1.29 is 62.3 Å². The third-order valence-corrected chi connectivity index (χ3v) is 0. The van der Waals surface area contributed by atoms with Crippen molar-refractivity contribution in [2.24, 2.45) is 0 Å². The van der Waals surface area contributed by atoms with E-state index in [2.05, 4.69) is 0 Å². The van der Waals surface area contributed by atoms with Crippen LogP contribution in [-0.4, -0.2) is 25.4 Å². The Kier molecular flexibility index (Phi) is 70.2. The van der Waals surface area contributed by atoms with Crippen molar-refractivity contribution >= 4 is 0 Å². The molecule has 0 saturated carbocycles. The van der Waals surface area contributed by atoms with E-state index in [9.17, 15) is 0 Å². The molecule has 20 nitrogen and oxygen atoms in total. The summed E-state index contributed by atoms with van der Waals surface area (Å²) in [6.07, 6.45) is 0. The van der Waals surface area contributed by atoms with Crippen molar-refractivity contribution in [2.75, 3.05) is 0 Å². The number of hydrogen-bond donors (Lipinski definition) is 0. The summed E-state index contributed by atoms with van der Waals surface area (Å²) in [6.45, 7) is 0. The summed E-state index contributed by atoms with van der Waals surface area (Å²) in [6, 6.07) is 0. The van der Waals surface area contributed by atoms with Crippen LogP contribution in [0.4, 0.5) is 0 Å². The molecule has 0 rings (SSSR count). The normalized spacial score (nSPS) is 5.45. The second-order valence-electron chi connectivity index (χ2n) is 1.12. The zero-order valence-electron chi connectivity index (χ0n) is 9.48. The molecule has 123 valence electrons. The van der Waals surface area contributed by atoms with Gasteiger partial charge < -0.3 is 76.6 Å². The van der Waals surface area contributed by atoms with Crippen molar-refractivity contribution in [3.8, 4) is 0 Å². The van der Waals surface area contributed by atoms with E-state index in [-0.39, 0.29) is 36.8 Å². The molecule has 0 N–H and O–H groups in total. The molecule has 0 heterocycles. The zero-order chi connectivity index (χ0) is 17.9. The summed E-state index contributed by atoms with van der Waals surface area (Å²) in [5.74, 6) is 0. The fourth-order valence-electron chi connectivity index (χ4n) is 0. The minimum absolute atomic E-state index is 0. The molecule has 0 saturated heterocycles. The summed E-state index contributed by atoms with van der Waals surface area (Å²) >= 11 is 0. The van der Waals surface area contributed by atoms with E-state index in [1.54, 1.807) is 0 Å². The Labute approximate surface area is 139 Å². The van der Waals surface area contributed by atoms with Gasteiger partial charge in [0.1, 0.15) is 0 Å². The van der Waals surface area contributed by atoms with Gasteiger partial charge in [0.15, 0.2) is 0 Å². The van der Waals surface area contributed by atoms with Crippen LogP contribution in [0.3, 0.4) is 0 Å². The van der Waals surface area contributed by atoms with Crippen molar-refractivity contribution in [2.45, 2.75) is 0 Å². The van der Waals surface area contributed by atoms with Gasteiger partial charge in [0, 0.05) is 0 Å². The first-order valence-corrected chi connectivity index (χ1v) is 2.74. The van der Waals surface area contributed by atoms with E-state index in [1.165, 1.54) is 0 Å². The first-order chi connectivity index (χ1) is 8.66. The van der Waals surface area contributed by atoms with Crippen LogP contribution >= 0.6 is 0 Å². The summed E-state index contributed by atoms with van der Waals surface area (Å²) in [4.78, 5) is 41.2. The molecule has 22 heteroatoms. The molecule has 0 aliphatic rings. The van der Waals surface area contributed by atoms with Crippen LogP contribution in [0.2, 0.25) is 0 Å². The van der Waals surface area contributed by atoms with E-state index >= 15 is 0 Å². The molecular weight excluding hydrogens is 427 g/mol. The summed E-state index contributed by atoms with van der Waals surface area (Å²) in [5, 5.41) is 73.8. The van der Waals surface area contributed by atoms with E-state index in [0.29, 0.717) is 0 Å². The van der Waals surface area contributed by atoms with Gasteiger partial charge in [-0.15, -0.1) is 0 Å². The number of hydrogen-bond acceptors (Lipinski definition) is 15. The maximum atomic E-state index is 8.25. The zero-order valence-corrected chi connectivity index (χ0v) is 13.7. The Morgan fingerprint density at radius 1 is 0.364 bits per heavy atom. The molecule has 0 spiro atoms. The van der Waals surface area contributed by atoms with Gasteiger partial charge in [0.2, 0.25) is 0 Å². The predicted octanol–water partition coefficient (Wildman–Crippen LogP) is -1.20. The fourth-order valence-corrected chi connectivity index (χ4v) is 0. The van der Waals surface area contributed by atoms with Gasteiger partial charge in [0.05, 0.1) is 25.4 Å². The van der Waals surface area contributed by atoms with Gasteiger partial charge in [-0.25, -0.2) is 0 Å². The first-order valence-electron chi connectivity index (χ1n) is 2.74. The van der Waals surface area contributed by atoms with Gasteiger partial charge in [-0.05, 0) is 0 Å². The van der Waals surface area contributed by atoms with Crippen LogP contribution in [0, 0.1) is 76.6 Å². The standard InChI is InChI=1S/Cr.5NO3.Zn/c;5*2-1(3)4;/q+3;5*-1;+2. The maximum absolute atomic E-state index is 8.25. The molecule has 0 aromatic carbocycles. The van der Waals surface area contributed by atoms with Crippen LogP contribution in [-0.2, 0) is 36.8 Å². The third kappa shape index (κ3) is 554. The summed E-state index contributed by atoms with van der Waals surface area (Å²) < 4.78 is 0. The van der Waals surface area contributed by atoms with Crippen molar-refractivity contribution in [1.29, 1.82) is 0 Å². The van der Waals surface area contributed by atoms with E-state index in [4.69, 9.17) is 76.6 Å². The Morgan fingerprint density at radius 3 is 0.364 bits per heavy atom. The Hall–Kier alpha value is -2.84. The van der Waals surface area contributed by atoms with E-state index in [1.807, 2.05) is 0 Å². The number of rotatable bonds is 0. The second-order valence-corrected chi connectivity index (χ2v) is 1.12. The quantitative estimate of drug-likeness (QED) is 0.248. The SMILES string of the molecule is O=[N+]([O-])[O-].O=[N+]([O-])[O-].O=[N+]([O-])[O-].O=[N+]([O-])[O-].O=[N+]([O-])[O-].[Cr+3].[Zn+2]. The van der Waals surface area contributed by atoms with Crippen molar-refractivity contribution in [3.63, 3.8) is 0 Å². The minimum Gasteiger partial charge on any atom is -0.356 e. The van der Waals surface area contributed by atoms with Gasteiger partial charge in [-0.1, -0.05) is 0 Å². The third-order valence-electron chi connectivity index (χ3n) is 0. The molecule has 0 aliphatic carbocycles. The predicted molar refractivity (Wildman–Crippen MR) is 51.8 cm³/mol. The Bertz CT molecular complexity index is 213. The summed E-state index contributed by atoms with van der Waals surface area (Å²) in [5.41, 5.74) is 0. The van der Waals surface area contributed by atoms with E-state index < -0.39 is 25.4 Å². The molecule has 0 bridgehead atoms. The van der Waals surface area contributed by atoms with Gasteiger partial charge in [-0.2, -0.15) is 0 Å². The smallest absolute Gasteiger partial charge is 0.356 e. The van der Waals surface area contributed by atoms with Gasteiger partial charge in [0.25, 0.3) is 0 Å². The molecule has 0 aromatic heterocycles. The second kappa shape index (κ2) is 36.2. The summed E-state index contributed by atoms with van der Waals surface area (Å²) in [7, 11) is 0. The topological polar surface area (TPSA) is 331 Å². The molecule has 0 fully saturated rings. The average Bonchev–Trinajstić information content (AvgIpc) is 1.94. The largest absolute Gasteiger partial charge is 3.00 e. The first kappa shape index (κ1) is 42.7. The molecule has 22 heavy (non-hydrogen) atoms. The van der Waals surface area contributed by atoms with Crippen LogP contribution in [0.1, 0.15) is 0 Å². The Balaban J connectivity index is -0.0000000250. The monoisotopic (exact) mass is 426 g/mol. The molecule has 0 atom stereocenters. The molecular formula is CrN5O15Zn. The molecule has 0 aromatic rings. The molecule has 0 aliphatic heterocycles. The van der Waals surface area contributed by atoms with Crippen LogP contribution in [0.5, 0.6) is 0 Å². The van der Waals surface area contributed by atoms with Crippen molar-refractivity contribution in [3.05, 3.63) is 76.6 Å². The van der Waals surface area contributed by atoms with Crippen LogP contribution in [0.25, 0.3) is 0 Å². The number of nitrogens with zero attached hydrogens (tertiary/aromatic N) is 5. The van der Waals surface area contributed by atoms with Crippen LogP contribution in [0.15, 0.2) is 0 Å². The average molecular weight is 427 g/mol. The molecule has 1 radical (unpaired) electrons. The van der Waals surface area contributed by atoms with Gasteiger partial charge in [-0.3, -0.25) is 0 Å².